The maximum absolute atomic E-state index is 11.3. The van der Waals surface area contributed by atoms with Crippen LogP contribution in [-0.2, 0) is 19.1 Å². The van der Waals surface area contributed by atoms with Crippen LogP contribution in [0.15, 0.2) is 30.3 Å². The summed E-state index contributed by atoms with van der Waals surface area (Å²) in [6.45, 7) is 2.50. The highest BCUT2D eigenvalue weighted by Gasteiger charge is 2.35. The molecule has 0 N–H and O–H groups in total. The Morgan fingerprint density at radius 3 is 2.00 bits per heavy atom. The van der Waals surface area contributed by atoms with Gasteiger partial charge < -0.3 is 9.47 Å². The largest absolute Gasteiger partial charge is 0.458 e. The van der Waals surface area contributed by atoms with Gasteiger partial charge in [-0.15, -0.1) is 0 Å². The molecule has 0 amide bonds. The zero-order valence-corrected chi connectivity index (χ0v) is 13.8. The van der Waals surface area contributed by atoms with Crippen LogP contribution < -0.4 is 0 Å². The van der Waals surface area contributed by atoms with Gasteiger partial charge in [0, 0.05) is 20.3 Å². The average molecular weight is 354 g/mol. The fraction of sp³-hybridized carbons (Fsp3) is 0.429. The van der Waals surface area contributed by atoms with E-state index in [0.717, 1.165) is 0 Å². The van der Waals surface area contributed by atoms with E-state index in [9.17, 15) is 9.59 Å². The van der Waals surface area contributed by atoms with E-state index in [2.05, 4.69) is 0 Å². The van der Waals surface area contributed by atoms with Gasteiger partial charge in [-0.1, -0.05) is 65.1 Å². The lowest BCUT2D eigenvalue weighted by atomic mass is 10.0. The van der Waals surface area contributed by atoms with Gasteiger partial charge in [-0.05, 0) is 5.56 Å². The molecule has 0 aromatic heterocycles. The number of alkyl halides is 3. The number of ether oxygens (including phenoxy) is 2. The van der Waals surface area contributed by atoms with E-state index in [1.165, 1.54) is 13.8 Å². The first kappa shape index (κ1) is 18.1. The predicted octanol–water partition coefficient (Wildman–Crippen LogP) is 3.98. The van der Waals surface area contributed by atoms with Gasteiger partial charge in [-0.2, -0.15) is 0 Å². The average Bonchev–Trinajstić information content (AvgIpc) is 2.33. The van der Waals surface area contributed by atoms with Crippen molar-refractivity contribution < 1.29 is 19.1 Å². The summed E-state index contributed by atoms with van der Waals surface area (Å²) in [4.78, 5) is 22.6. The molecule has 21 heavy (non-hydrogen) atoms. The second-order valence-electron chi connectivity index (χ2n) is 4.41. The summed E-state index contributed by atoms with van der Waals surface area (Å²) in [5.74, 6) is -1.08. The molecule has 1 aromatic rings. The molecule has 1 aromatic carbocycles. The SMILES string of the molecule is CC(=O)O[C@@H](CC(Cl)(Cl)Cl)[C@@H](OC(C)=O)c1ccccc1. The van der Waals surface area contributed by atoms with E-state index in [-0.39, 0.29) is 6.42 Å². The molecule has 0 unspecified atom stereocenters. The Morgan fingerprint density at radius 2 is 1.57 bits per heavy atom. The Labute approximate surface area is 138 Å². The summed E-state index contributed by atoms with van der Waals surface area (Å²) in [5, 5.41) is 0. The second kappa shape index (κ2) is 7.87. The zero-order valence-electron chi connectivity index (χ0n) is 11.5. The minimum Gasteiger partial charge on any atom is -0.458 e. The van der Waals surface area contributed by atoms with Gasteiger partial charge in [0.25, 0.3) is 0 Å². The topological polar surface area (TPSA) is 52.6 Å². The lowest BCUT2D eigenvalue weighted by Crippen LogP contribution is -2.31. The molecular formula is C14H15Cl3O4. The van der Waals surface area contributed by atoms with Gasteiger partial charge in [0.15, 0.2) is 9.90 Å². The van der Waals surface area contributed by atoms with Gasteiger partial charge in [0.1, 0.15) is 6.10 Å². The first-order valence-electron chi connectivity index (χ1n) is 6.15. The highest BCUT2D eigenvalue weighted by molar-refractivity contribution is 6.67. The lowest BCUT2D eigenvalue weighted by molar-refractivity contribution is -0.166. The van der Waals surface area contributed by atoms with E-state index in [1.807, 2.05) is 6.07 Å². The van der Waals surface area contributed by atoms with Crippen molar-refractivity contribution in [3.05, 3.63) is 35.9 Å². The van der Waals surface area contributed by atoms with Crippen LogP contribution in [0.4, 0.5) is 0 Å². The lowest BCUT2D eigenvalue weighted by Gasteiger charge is -2.28. The summed E-state index contributed by atoms with van der Waals surface area (Å²) in [5.41, 5.74) is 0.646. The van der Waals surface area contributed by atoms with Crippen molar-refractivity contribution in [1.29, 1.82) is 0 Å². The highest BCUT2D eigenvalue weighted by Crippen LogP contribution is 2.37. The summed E-state index contributed by atoms with van der Waals surface area (Å²) in [7, 11) is 0. The van der Waals surface area contributed by atoms with Gasteiger partial charge in [-0.25, -0.2) is 0 Å². The maximum atomic E-state index is 11.3. The number of hydrogen-bond acceptors (Lipinski definition) is 4. The zero-order chi connectivity index (χ0) is 16.0. The molecule has 7 heteroatoms. The number of rotatable bonds is 5. The molecule has 0 aliphatic heterocycles. The third-order valence-corrected chi connectivity index (χ3v) is 2.97. The van der Waals surface area contributed by atoms with Gasteiger partial charge >= 0.3 is 11.9 Å². The van der Waals surface area contributed by atoms with Crippen LogP contribution in [0.3, 0.4) is 0 Å². The Balaban J connectivity index is 3.10. The number of carbonyl (C=O) groups excluding carboxylic acids is 2. The number of hydrogen-bond donors (Lipinski definition) is 0. The molecule has 0 fully saturated rings. The fourth-order valence-corrected chi connectivity index (χ4v) is 2.29. The van der Waals surface area contributed by atoms with Gasteiger partial charge in [0.05, 0.1) is 0 Å². The van der Waals surface area contributed by atoms with Crippen LogP contribution >= 0.6 is 34.8 Å². The first-order chi connectivity index (χ1) is 9.69. The molecule has 0 aliphatic rings. The first-order valence-corrected chi connectivity index (χ1v) is 7.28. The number of carbonyl (C=O) groups is 2. The smallest absolute Gasteiger partial charge is 0.303 e. The fourth-order valence-electron chi connectivity index (χ4n) is 1.83. The number of halogens is 3. The standard InChI is InChI=1S/C14H15Cl3O4/c1-9(18)20-12(8-14(15,16)17)13(21-10(2)19)11-6-4-3-5-7-11/h3-7,12-13H,8H2,1-2H3/t12-,13-/m0/s1. The van der Waals surface area contributed by atoms with Crippen molar-refractivity contribution >= 4 is 46.7 Å². The van der Waals surface area contributed by atoms with E-state index < -0.39 is 27.9 Å². The van der Waals surface area contributed by atoms with E-state index >= 15 is 0 Å². The summed E-state index contributed by atoms with van der Waals surface area (Å²) in [6, 6.07) is 8.83. The summed E-state index contributed by atoms with van der Waals surface area (Å²) in [6.07, 6.45) is -1.85. The molecule has 0 radical (unpaired) electrons. The van der Waals surface area contributed by atoms with E-state index in [1.54, 1.807) is 24.3 Å². The van der Waals surface area contributed by atoms with Crippen LogP contribution in [0, 0.1) is 0 Å². The normalized spacial score (nSPS) is 14.1. The van der Waals surface area contributed by atoms with Crippen molar-refractivity contribution in [2.75, 3.05) is 0 Å². The van der Waals surface area contributed by atoms with Crippen molar-refractivity contribution in [2.45, 2.75) is 36.3 Å². The number of esters is 2. The van der Waals surface area contributed by atoms with Crippen LogP contribution in [-0.4, -0.2) is 21.8 Å². The molecule has 0 bridgehead atoms. The minimum absolute atomic E-state index is 0.107. The Kier molecular flexibility index (Phi) is 6.78. The van der Waals surface area contributed by atoms with Gasteiger partial charge in [-0.3, -0.25) is 9.59 Å². The molecule has 116 valence electrons. The molecule has 4 nitrogen and oxygen atoms in total. The Hall–Kier alpha value is -0.970. The number of benzene rings is 1. The van der Waals surface area contributed by atoms with Gasteiger partial charge in [0.2, 0.25) is 0 Å². The second-order valence-corrected chi connectivity index (χ2v) is 6.92. The molecule has 2 atom stereocenters. The Bertz CT molecular complexity index is 485. The summed E-state index contributed by atoms with van der Waals surface area (Å²) >= 11 is 17.3. The third kappa shape index (κ3) is 7.02. The molecule has 0 heterocycles. The van der Waals surface area contributed by atoms with Crippen molar-refractivity contribution in [3.8, 4) is 0 Å². The van der Waals surface area contributed by atoms with E-state index in [4.69, 9.17) is 44.3 Å². The molecular weight excluding hydrogens is 339 g/mol. The maximum Gasteiger partial charge on any atom is 0.303 e. The van der Waals surface area contributed by atoms with Crippen molar-refractivity contribution in [2.24, 2.45) is 0 Å². The highest BCUT2D eigenvalue weighted by atomic mass is 35.6. The Morgan fingerprint density at radius 1 is 1.05 bits per heavy atom. The molecule has 0 saturated heterocycles. The summed E-state index contributed by atoms with van der Waals surface area (Å²) < 4.78 is 8.78. The van der Waals surface area contributed by atoms with Crippen molar-refractivity contribution in [3.63, 3.8) is 0 Å². The molecule has 0 spiro atoms. The van der Waals surface area contributed by atoms with Crippen LogP contribution in [0.2, 0.25) is 0 Å². The minimum atomic E-state index is -1.65. The third-order valence-electron chi connectivity index (χ3n) is 2.51. The quantitative estimate of drug-likeness (QED) is 0.593. The molecule has 0 saturated carbocycles. The van der Waals surface area contributed by atoms with Crippen LogP contribution in [0.25, 0.3) is 0 Å². The predicted molar refractivity (Wildman–Crippen MR) is 81.4 cm³/mol. The van der Waals surface area contributed by atoms with Crippen molar-refractivity contribution in [1.82, 2.24) is 0 Å². The molecule has 0 aliphatic carbocycles. The van der Waals surface area contributed by atoms with E-state index in [0.29, 0.717) is 5.56 Å². The monoisotopic (exact) mass is 352 g/mol. The van der Waals surface area contributed by atoms with Crippen LogP contribution in [0.5, 0.6) is 0 Å². The molecule has 1 rings (SSSR count). The van der Waals surface area contributed by atoms with Crippen LogP contribution in [0.1, 0.15) is 31.9 Å².